The predicted molar refractivity (Wildman–Crippen MR) is 123 cm³/mol. The molecule has 0 saturated carbocycles. The van der Waals surface area contributed by atoms with E-state index in [4.69, 9.17) is 0 Å². The van der Waals surface area contributed by atoms with Crippen LogP contribution in [0.1, 0.15) is 24.5 Å². The van der Waals surface area contributed by atoms with Crippen molar-refractivity contribution in [3.05, 3.63) is 96.2 Å². The summed E-state index contributed by atoms with van der Waals surface area (Å²) in [5.74, 6) is 0. The van der Waals surface area contributed by atoms with Crippen molar-refractivity contribution in [3.63, 3.8) is 0 Å². The van der Waals surface area contributed by atoms with E-state index in [1.165, 1.54) is 3.97 Å². The maximum Gasteiger partial charge on any atom is 0.268 e. The summed E-state index contributed by atoms with van der Waals surface area (Å²) in [6.07, 6.45) is 2.33. The van der Waals surface area contributed by atoms with Crippen molar-refractivity contribution >= 4 is 32.3 Å². The molecule has 0 unspecified atom stereocenters. The molecule has 4 rings (SSSR count). The van der Waals surface area contributed by atoms with Crippen molar-refractivity contribution in [2.75, 3.05) is 5.43 Å². The Bertz CT molecular complexity index is 1310. The standard InChI is InChI=1S/C24H23N3O2S/c1-3-23(26-25-19-9-5-4-6-10-19)22-17-27(24-12-8-7-11-21(22)24)30(28,29)20-15-13-18(2)14-16-20/h4-17,25H,3H2,1-2H3. The quantitative estimate of drug-likeness (QED) is 0.337. The SMILES string of the molecule is CCC(=NNc1ccccc1)c1cn(S(=O)(=O)c2ccc(C)cc2)c2ccccc12. The van der Waals surface area contributed by atoms with Crippen molar-refractivity contribution in [2.45, 2.75) is 25.2 Å². The zero-order valence-corrected chi connectivity index (χ0v) is 17.7. The van der Waals surface area contributed by atoms with Crippen LogP contribution in [0.3, 0.4) is 0 Å². The lowest BCUT2D eigenvalue weighted by Crippen LogP contribution is -2.12. The molecule has 1 aromatic heterocycles. The number of nitrogens with zero attached hydrogens (tertiary/aromatic N) is 2. The monoisotopic (exact) mass is 417 g/mol. The van der Waals surface area contributed by atoms with Gasteiger partial charge in [-0.2, -0.15) is 5.10 Å². The lowest BCUT2D eigenvalue weighted by atomic mass is 10.1. The minimum absolute atomic E-state index is 0.262. The molecule has 0 atom stereocenters. The lowest BCUT2D eigenvalue weighted by Gasteiger charge is -2.07. The number of aromatic nitrogens is 1. The van der Waals surface area contributed by atoms with Crippen LogP contribution in [0.2, 0.25) is 0 Å². The molecule has 6 heteroatoms. The maximum atomic E-state index is 13.4. The third-order valence-corrected chi connectivity index (χ3v) is 6.68. The molecule has 4 aromatic rings. The molecule has 0 spiro atoms. The van der Waals surface area contributed by atoms with Gasteiger partial charge in [0.15, 0.2) is 0 Å². The molecule has 0 bridgehead atoms. The second-order valence-electron chi connectivity index (χ2n) is 7.06. The number of hydrogen-bond donors (Lipinski definition) is 1. The molecular weight excluding hydrogens is 394 g/mol. The number of fused-ring (bicyclic) bond motifs is 1. The first-order valence-electron chi connectivity index (χ1n) is 9.81. The topological polar surface area (TPSA) is 63.5 Å². The van der Waals surface area contributed by atoms with Gasteiger partial charge in [0.05, 0.1) is 21.8 Å². The molecule has 152 valence electrons. The van der Waals surface area contributed by atoms with E-state index in [1.54, 1.807) is 18.3 Å². The Labute approximate surface area is 176 Å². The van der Waals surface area contributed by atoms with E-state index >= 15 is 0 Å². The molecule has 0 radical (unpaired) electrons. The van der Waals surface area contributed by atoms with Gasteiger partial charge in [0.1, 0.15) is 0 Å². The summed E-state index contributed by atoms with van der Waals surface area (Å²) in [6.45, 7) is 3.94. The molecule has 0 amide bonds. The molecule has 1 N–H and O–H groups in total. The van der Waals surface area contributed by atoms with E-state index in [2.05, 4.69) is 10.5 Å². The van der Waals surface area contributed by atoms with Gasteiger partial charge in [-0.15, -0.1) is 0 Å². The van der Waals surface area contributed by atoms with Gasteiger partial charge in [0, 0.05) is 17.1 Å². The minimum atomic E-state index is -3.73. The van der Waals surface area contributed by atoms with Crippen LogP contribution in [-0.2, 0) is 10.0 Å². The summed E-state index contributed by atoms with van der Waals surface area (Å²) in [4.78, 5) is 0.262. The van der Waals surface area contributed by atoms with Gasteiger partial charge < -0.3 is 0 Å². The molecule has 5 nitrogen and oxygen atoms in total. The van der Waals surface area contributed by atoms with Crippen molar-refractivity contribution in [3.8, 4) is 0 Å². The first-order chi connectivity index (χ1) is 14.5. The van der Waals surface area contributed by atoms with Gasteiger partial charge in [0.2, 0.25) is 0 Å². The highest BCUT2D eigenvalue weighted by molar-refractivity contribution is 7.90. The average molecular weight is 418 g/mol. The van der Waals surface area contributed by atoms with Crippen molar-refractivity contribution in [2.24, 2.45) is 5.10 Å². The van der Waals surface area contributed by atoms with Crippen LogP contribution in [0.4, 0.5) is 5.69 Å². The fourth-order valence-electron chi connectivity index (χ4n) is 3.38. The van der Waals surface area contributed by atoms with Gasteiger partial charge >= 0.3 is 0 Å². The maximum absolute atomic E-state index is 13.4. The van der Waals surface area contributed by atoms with Crippen LogP contribution in [0, 0.1) is 6.92 Å². The van der Waals surface area contributed by atoms with E-state index in [1.807, 2.05) is 80.6 Å². The van der Waals surface area contributed by atoms with E-state index in [0.717, 1.165) is 27.9 Å². The van der Waals surface area contributed by atoms with E-state index in [-0.39, 0.29) is 4.90 Å². The Morgan fingerprint density at radius 1 is 0.933 bits per heavy atom. The number of aryl methyl sites for hydroxylation is 1. The summed E-state index contributed by atoms with van der Waals surface area (Å²) in [7, 11) is -3.73. The Morgan fingerprint density at radius 2 is 1.60 bits per heavy atom. The van der Waals surface area contributed by atoms with Crippen LogP contribution >= 0.6 is 0 Å². The molecular formula is C24H23N3O2S. The van der Waals surface area contributed by atoms with Gasteiger partial charge in [-0.05, 0) is 43.7 Å². The number of hydrazone groups is 1. The second kappa shape index (κ2) is 8.16. The molecule has 0 aliphatic rings. The summed E-state index contributed by atoms with van der Waals surface area (Å²) in [6, 6.07) is 24.1. The molecule has 0 aliphatic heterocycles. The van der Waals surface area contributed by atoms with Gasteiger partial charge in [-0.1, -0.05) is 61.0 Å². The number of anilines is 1. The highest BCUT2D eigenvalue weighted by Crippen LogP contribution is 2.27. The summed E-state index contributed by atoms with van der Waals surface area (Å²) in [5.41, 5.74) is 7.18. The zero-order chi connectivity index (χ0) is 21.1. The molecule has 1 heterocycles. The normalized spacial score (nSPS) is 12.3. The van der Waals surface area contributed by atoms with Crippen LogP contribution in [-0.4, -0.2) is 18.1 Å². The highest BCUT2D eigenvalue weighted by atomic mass is 32.2. The van der Waals surface area contributed by atoms with Gasteiger partial charge in [0.25, 0.3) is 10.0 Å². The third-order valence-electron chi connectivity index (χ3n) is 5.00. The number of benzene rings is 3. The zero-order valence-electron chi connectivity index (χ0n) is 16.9. The average Bonchev–Trinajstić information content (AvgIpc) is 3.16. The molecule has 0 fully saturated rings. The number of rotatable bonds is 6. The summed E-state index contributed by atoms with van der Waals surface area (Å²) >= 11 is 0. The molecule has 0 aliphatic carbocycles. The third kappa shape index (κ3) is 3.74. The van der Waals surface area contributed by atoms with E-state index in [0.29, 0.717) is 11.9 Å². The van der Waals surface area contributed by atoms with Gasteiger partial charge in [-0.3, -0.25) is 5.43 Å². The van der Waals surface area contributed by atoms with Crippen molar-refractivity contribution in [1.82, 2.24) is 3.97 Å². The van der Waals surface area contributed by atoms with Crippen LogP contribution in [0.15, 0.2) is 95.1 Å². The Balaban J connectivity index is 1.83. The predicted octanol–water partition coefficient (Wildman–Crippen LogP) is 5.41. The first-order valence-corrected chi connectivity index (χ1v) is 11.2. The van der Waals surface area contributed by atoms with Crippen molar-refractivity contribution in [1.29, 1.82) is 0 Å². The van der Waals surface area contributed by atoms with Crippen LogP contribution < -0.4 is 5.43 Å². The molecule has 30 heavy (non-hydrogen) atoms. The number of hydrogen-bond acceptors (Lipinski definition) is 4. The smallest absolute Gasteiger partial charge is 0.268 e. The van der Waals surface area contributed by atoms with E-state index in [9.17, 15) is 8.42 Å². The fourth-order valence-corrected chi connectivity index (χ4v) is 4.75. The Hall–Kier alpha value is -3.38. The fraction of sp³-hybridized carbons (Fsp3) is 0.125. The molecule has 3 aromatic carbocycles. The largest absolute Gasteiger partial charge is 0.278 e. The second-order valence-corrected chi connectivity index (χ2v) is 8.88. The summed E-state index contributed by atoms with van der Waals surface area (Å²) < 4.78 is 28.1. The van der Waals surface area contributed by atoms with E-state index < -0.39 is 10.0 Å². The number of nitrogens with one attached hydrogen (secondary N) is 1. The Morgan fingerprint density at radius 3 is 2.30 bits per heavy atom. The van der Waals surface area contributed by atoms with Gasteiger partial charge in [-0.25, -0.2) is 12.4 Å². The van der Waals surface area contributed by atoms with Crippen LogP contribution in [0.25, 0.3) is 10.9 Å². The highest BCUT2D eigenvalue weighted by Gasteiger charge is 2.22. The minimum Gasteiger partial charge on any atom is -0.278 e. The molecule has 0 saturated heterocycles. The van der Waals surface area contributed by atoms with Crippen molar-refractivity contribution < 1.29 is 8.42 Å². The first kappa shape index (κ1) is 19.9. The Kier molecular flexibility index (Phi) is 5.42. The summed E-state index contributed by atoms with van der Waals surface area (Å²) in [5, 5.41) is 5.42. The number of para-hydroxylation sites is 2. The lowest BCUT2D eigenvalue weighted by molar-refractivity contribution is 0.589. The van der Waals surface area contributed by atoms with Crippen LogP contribution in [0.5, 0.6) is 0 Å².